The summed E-state index contributed by atoms with van der Waals surface area (Å²) in [7, 11) is -6.93. The zero-order chi connectivity index (χ0) is 31.5. The highest BCUT2D eigenvalue weighted by Crippen LogP contribution is 2.52. The second kappa shape index (κ2) is 12.8. The maximum atomic E-state index is 13.9. The highest BCUT2D eigenvalue weighted by atomic mass is 32.2. The van der Waals surface area contributed by atoms with Gasteiger partial charge < -0.3 is 9.53 Å². The lowest BCUT2D eigenvalue weighted by Crippen LogP contribution is -2.62. The molecule has 10 heteroatoms. The van der Waals surface area contributed by atoms with Gasteiger partial charge in [-0.05, 0) is 46.3 Å². The summed E-state index contributed by atoms with van der Waals surface area (Å²) in [6, 6.07) is 21.5. The molecule has 0 spiro atoms. The smallest absolute Gasteiger partial charge is 0.269 e. The van der Waals surface area contributed by atoms with Crippen molar-refractivity contribution in [2.24, 2.45) is 0 Å². The molecule has 0 aliphatic carbocycles. The predicted octanol–water partition coefficient (Wildman–Crippen LogP) is 7.15. The molecular weight excluding hydrogens is 569 g/mol. The number of hydrogen-bond acceptors (Lipinski definition) is 6. The molecule has 3 rings (SSSR count). The van der Waals surface area contributed by atoms with Crippen LogP contribution in [0, 0.1) is 10.1 Å². The number of non-ortho nitro benzene ring substituents is 1. The first-order chi connectivity index (χ1) is 19.5. The van der Waals surface area contributed by atoms with Gasteiger partial charge in [0.1, 0.15) is 5.60 Å². The summed E-state index contributed by atoms with van der Waals surface area (Å²) in [5, 5.41) is 23.8. The first-order valence-corrected chi connectivity index (χ1v) is 17.8. The van der Waals surface area contributed by atoms with E-state index in [9.17, 15) is 23.6 Å². The van der Waals surface area contributed by atoms with E-state index >= 15 is 0 Å². The van der Waals surface area contributed by atoms with Gasteiger partial charge in [0.05, 0.1) is 22.0 Å². The van der Waals surface area contributed by atoms with Crippen LogP contribution in [0.5, 0.6) is 0 Å². The Bertz CT molecular complexity index is 1390. The van der Waals surface area contributed by atoms with E-state index in [1.807, 2.05) is 19.1 Å². The third kappa shape index (κ3) is 6.52. The fourth-order valence-electron chi connectivity index (χ4n) is 6.64. The Morgan fingerprint density at radius 2 is 1.24 bits per heavy atom. The molecule has 0 aliphatic rings. The first-order valence-electron chi connectivity index (χ1n) is 14.3. The quantitative estimate of drug-likeness (QED) is 0.127. The van der Waals surface area contributed by atoms with Gasteiger partial charge >= 0.3 is 0 Å². The fourth-order valence-corrected chi connectivity index (χ4v) is 14.4. The number of nitrogens with zero attached hydrogens (tertiary/aromatic N) is 1. The van der Waals surface area contributed by atoms with E-state index in [2.05, 4.69) is 53.2 Å². The van der Waals surface area contributed by atoms with E-state index in [1.54, 1.807) is 48.5 Å². The summed E-state index contributed by atoms with van der Waals surface area (Å²) in [6.45, 7) is 16.9. The summed E-state index contributed by atoms with van der Waals surface area (Å²) in [5.74, 6) is 0. The lowest BCUT2D eigenvalue weighted by molar-refractivity contribution is -0.384. The van der Waals surface area contributed by atoms with Crippen molar-refractivity contribution in [3.8, 4) is 0 Å². The minimum absolute atomic E-state index is 0.152. The number of nitro benzene ring substituents is 1. The number of benzene rings is 3. The Morgan fingerprint density at radius 1 is 0.810 bits per heavy atom. The predicted molar refractivity (Wildman–Crippen MR) is 169 cm³/mol. The van der Waals surface area contributed by atoms with Crippen LogP contribution in [0.15, 0.2) is 89.8 Å². The van der Waals surface area contributed by atoms with Crippen LogP contribution < -0.4 is 4.72 Å². The van der Waals surface area contributed by atoms with Crippen LogP contribution in [0.1, 0.15) is 66.5 Å². The van der Waals surface area contributed by atoms with Crippen molar-refractivity contribution in [1.82, 2.24) is 4.72 Å². The van der Waals surface area contributed by atoms with Gasteiger partial charge in [0.25, 0.3) is 5.69 Å². The average molecular weight is 613 g/mol. The molecule has 0 heterocycles. The highest BCUT2D eigenvalue weighted by Gasteiger charge is 2.55. The molecule has 42 heavy (non-hydrogen) atoms. The molecule has 2 N–H and O–H groups in total. The number of rotatable bonds is 12. The topological polar surface area (TPSA) is 119 Å². The molecule has 0 aliphatic heterocycles. The molecule has 2 unspecified atom stereocenters. The molecule has 0 bridgehead atoms. The third-order valence-electron chi connectivity index (χ3n) is 8.26. The van der Waals surface area contributed by atoms with Gasteiger partial charge in [-0.25, -0.2) is 13.1 Å². The van der Waals surface area contributed by atoms with Crippen LogP contribution in [0.25, 0.3) is 0 Å². The van der Waals surface area contributed by atoms with Gasteiger partial charge in [-0.3, -0.25) is 10.1 Å². The highest BCUT2D eigenvalue weighted by molar-refractivity contribution is 7.89. The molecule has 228 valence electrons. The lowest BCUT2D eigenvalue weighted by atomic mass is 9.78. The lowest BCUT2D eigenvalue weighted by Gasteiger charge is -2.52. The minimum Gasteiger partial charge on any atom is -0.411 e. The maximum Gasteiger partial charge on any atom is 0.269 e. The van der Waals surface area contributed by atoms with Crippen molar-refractivity contribution in [2.75, 3.05) is 0 Å². The number of aliphatic hydroxyl groups is 1. The van der Waals surface area contributed by atoms with Gasteiger partial charge in [-0.2, -0.15) is 0 Å². The molecular formula is C32H44N2O6SSi. The van der Waals surface area contributed by atoms with Crippen LogP contribution in [0.2, 0.25) is 16.1 Å². The zero-order valence-electron chi connectivity index (χ0n) is 25.7. The van der Waals surface area contributed by atoms with E-state index in [4.69, 9.17) is 4.43 Å². The zero-order valence-corrected chi connectivity index (χ0v) is 27.6. The molecule has 8 nitrogen and oxygen atoms in total. The van der Waals surface area contributed by atoms with Gasteiger partial charge in [-0.1, -0.05) is 109 Å². The average Bonchev–Trinajstić information content (AvgIpc) is 2.94. The summed E-state index contributed by atoms with van der Waals surface area (Å²) < 4.78 is 37.8. The van der Waals surface area contributed by atoms with Crippen LogP contribution in [0.3, 0.4) is 0 Å². The van der Waals surface area contributed by atoms with Gasteiger partial charge in [0, 0.05) is 12.1 Å². The summed E-state index contributed by atoms with van der Waals surface area (Å²) in [4.78, 5) is 10.5. The van der Waals surface area contributed by atoms with Crippen LogP contribution in [-0.4, -0.2) is 38.9 Å². The second-order valence-electron chi connectivity index (χ2n) is 12.5. The van der Waals surface area contributed by atoms with Crippen LogP contribution in [0.4, 0.5) is 5.69 Å². The number of hydrogen-bond donors (Lipinski definition) is 2. The van der Waals surface area contributed by atoms with Crippen molar-refractivity contribution < 1.29 is 22.9 Å². The molecule has 0 radical (unpaired) electrons. The molecule has 0 amide bonds. The molecule has 0 saturated heterocycles. The van der Waals surface area contributed by atoms with Gasteiger partial charge in [0.2, 0.25) is 18.3 Å². The summed E-state index contributed by atoms with van der Waals surface area (Å²) in [5.41, 5.74) is -0.675. The van der Waals surface area contributed by atoms with Crippen molar-refractivity contribution in [3.63, 3.8) is 0 Å². The van der Waals surface area contributed by atoms with Gasteiger partial charge in [-0.15, -0.1) is 0 Å². The van der Waals surface area contributed by atoms with Crippen LogP contribution in [-0.2, 0) is 20.1 Å². The summed E-state index contributed by atoms with van der Waals surface area (Å²) >= 11 is 0. The normalized spacial score (nSPS) is 14.6. The first kappa shape index (κ1) is 33.6. The van der Waals surface area contributed by atoms with Crippen molar-refractivity contribution in [2.45, 2.75) is 94.2 Å². The standard InChI is InChI=1S/C32H44N2O6SSi/c1-23(2)42(24(3)4,31(6,7)8)40-25(5)30(33-41(38,39)29-21-19-28(20-22-29)34(36)37)32(35,26-15-11-9-12-16-26)27-17-13-10-14-18-27/h9-25,30,33,35H,1-8H3. The van der Waals surface area contributed by atoms with E-state index in [0.29, 0.717) is 11.1 Å². The molecule has 0 saturated carbocycles. The Morgan fingerprint density at radius 3 is 1.60 bits per heavy atom. The van der Waals surface area contributed by atoms with Crippen molar-refractivity contribution >= 4 is 24.0 Å². The van der Waals surface area contributed by atoms with Crippen molar-refractivity contribution in [1.29, 1.82) is 0 Å². The van der Waals surface area contributed by atoms with E-state index in [1.165, 1.54) is 12.1 Å². The van der Waals surface area contributed by atoms with Gasteiger partial charge in [0.15, 0.2) is 0 Å². The van der Waals surface area contributed by atoms with E-state index < -0.39 is 41.0 Å². The van der Waals surface area contributed by atoms with E-state index in [0.717, 1.165) is 12.1 Å². The Kier molecular flexibility index (Phi) is 10.2. The molecule has 2 atom stereocenters. The maximum absolute atomic E-state index is 13.9. The monoisotopic (exact) mass is 612 g/mol. The number of sulfonamides is 1. The van der Waals surface area contributed by atoms with Crippen LogP contribution >= 0.6 is 0 Å². The SMILES string of the molecule is CC(O[Si](C(C)C)(C(C)C)C(C)(C)C)C(NS(=O)(=O)c1ccc([N+](=O)[O-])cc1)C(O)(c1ccccc1)c1ccccc1. The largest absolute Gasteiger partial charge is 0.411 e. The Hall–Kier alpha value is -2.89. The molecule has 3 aromatic carbocycles. The Balaban J connectivity index is 2.27. The fraction of sp³-hybridized carbons (Fsp3) is 0.438. The molecule has 0 fully saturated rings. The Labute approximate surface area is 251 Å². The summed E-state index contributed by atoms with van der Waals surface area (Å²) in [6.07, 6.45) is -0.779. The number of nitrogens with one attached hydrogen (secondary N) is 1. The minimum atomic E-state index is -4.27. The van der Waals surface area contributed by atoms with Crippen molar-refractivity contribution in [3.05, 3.63) is 106 Å². The molecule has 0 aromatic heterocycles. The second-order valence-corrected chi connectivity index (χ2v) is 19.9. The third-order valence-corrected chi connectivity index (χ3v) is 16.2. The van der Waals surface area contributed by atoms with E-state index in [-0.39, 0.29) is 26.7 Å². The number of nitro groups is 1. The molecule has 3 aromatic rings.